The van der Waals surface area contributed by atoms with Crippen molar-refractivity contribution >= 4 is 69.8 Å². The number of rotatable bonds is 4. The maximum Gasteiger partial charge on any atom is 0.270 e. The number of amides is 2. The lowest BCUT2D eigenvalue weighted by atomic mass is 9.79. The van der Waals surface area contributed by atoms with Crippen LogP contribution in [0.2, 0.25) is 10.0 Å². The lowest BCUT2D eigenvalue weighted by Crippen LogP contribution is -2.54. The van der Waals surface area contributed by atoms with E-state index in [0.717, 1.165) is 30.6 Å². The van der Waals surface area contributed by atoms with Crippen LogP contribution in [0.5, 0.6) is 0 Å². The highest BCUT2D eigenvalue weighted by Gasteiger charge is 2.37. The van der Waals surface area contributed by atoms with Crippen LogP contribution in [0.4, 0.5) is 11.4 Å². The Hall–Kier alpha value is -2.41. The van der Waals surface area contributed by atoms with Gasteiger partial charge in [0.25, 0.3) is 11.8 Å². The average Bonchev–Trinajstić information content (AvgIpc) is 2.75. The molecule has 178 valence electrons. The van der Waals surface area contributed by atoms with E-state index in [0.29, 0.717) is 27.2 Å². The number of anilines is 2. The summed E-state index contributed by atoms with van der Waals surface area (Å²) in [6, 6.07) is 10.7. The molecule has 0 radical (unpaired) electrons. The standard InChI is InChI=1S/C26H27Cl2N3O2S/c1-5-10-30-22-13-21(28)16(11-19(22)15(2)14-26(30,3)4)12-20-23(32)29-25(34)31(24(20)33)18-8-6-17(27)7-9-18/h6-9,11-13,15H,5,10,14H2,1-4H3,(H,29,32,34)/b20-12-. The van der Waals surface area contributed by atoms with E-state index >= 15 is 0 Å². The Morgan fingerprint density at radius 2 is 1.85 bits per heavy atom. The molecule has 2 heterocycles. The van der Waals surface area contributed by atoms with Crippen molar-refractivity contribution in [1.82, 2.24) is 5.32 Å². The minimum Gasteiger partial charge on any atom is -0.366 e. The summed E-state index contributed by atoms with van der Waals surface area (Å²) >= 11 is 18.0. The van der Waals surface area contributed by atoms with Gasteiger partial charge in [0.05, 0.1) is 5.69 Å². The van der Waals surface area contributed by atoms with E-state index in [1.807, 2.05) is 12.1 Å². The summed E-state index contributed by atoms with van der Waals surface area (Å²) < 4.78 is 0. The summed E-state index contributed by atoms with van der Waals surface area (Å²) in [6.45, 7) is 9.81. The molecule has 2 amide bonds. The Labute approximate surface area is 215 Å². The lowest BCUT2D eigenvalue weighted by molar-refractivity contribution is -0.122. The van der Waals surface area contributed by atoms with Gasteiger partial charge in [-0.05, 0) is 98.4 Å². The molecule has 1 saturated heterocycles. The lowest BCUT2D eigenvalue weighted by Gasteiger charge is -2.47. The zero-order chi connectivity index (χ0) is 24.8. The topological polar surface area (TPSA) is 52.7 Å². The molecule has 5 nitrogen and oxygen atoms in total. The molecule has 34 heavy (non-hydrogen) atoms. The SMILES string of the molecule is CCCN1c2cc(Cl)c(/C=C3/C(=O)NC(=S)N(c4ccc(Cl)cc4)C3=O)cc2C(C)CC1(C)C. The van der Waals surface area contributed by atoms with Crippen LogP contribution in [0, 0.1) is 0 Å². The van der Waals surface area contributed by atoms with Crippen LogP contribution < -0.4 is 15.1 Å². The molecule has 0 saturated carbocycles. The molecule has 2 aromatic carbocycles. The van der Waals surface area contributed by atoms with E-state index in [1.165, 1.54) is 4.90 Å². The molecule has 0 bridgehead atoms. The zero-order valence-electron chi connectivity index (χ0n) is 19.6. The fourth-order valence-electron chi connectivity index (χ4n) is 4.92. The normalized spacial score (nSPS) is 21.1. The van der Waals surface area contributed by atoms with Gasteiger partial charge in [-0.15, -0.1) is 0 Å². The molecule has 1 atom stereocenters. The van der Waals surface area contributed by atoms with Gasteiger partial charge in [0, 0.05) is 27.8 Å². The summed E-state index contributed by atoms with van der Waals surface area (Å²) in [5.74, 6) is -0.746. The van der Waals surface area contributed by atoms with Gasteiger partial charge in [-0.1, -0.05) is 37.0 Å². The summed E-state index contributed by atoms with van der Waals surface area (Å²) in [5, 5.41) is 3.66. The third-order valence-corrected chi connectivity index (χ3v) is 7.30. The summed E-state index contributed by atoms with van der Waals surface area (Å²) in [6.07, 6.45) is 3.58. The number of hydrogen-bond donors (Lipinski definition) is 1. The van der Waals surface area contributed by atoms with Crippen LogP contribution >= 0.6 is 35.4 Å². The highest BCUT2D eigenvalue weighted by atomic mass is 35.5. The van der Waals surface area contributed by atoms with Gasteiger partial charge in [0.1, 0.15) is 5.57 Å². The maximum absolute atomic E-state index is 13.3. The summed E-state index contributed by atoms with van der Waals surface area (Å²) in [5.41, 5.74) is 3.41. The Balaban J connectivity index is 1.77. The largest absolute Gasteiger partial charge is 0.366 e. The van der Waals surface area contributed by atoms with E-state index in [4.69, 9.17) is 35.4 Å². The minimum atomic E-state index is -0.546. The Morgan fingerprint density at radius 3 is 2.50 bits per heavy atom. The van der Waals surface area contributed by atoms with Crippen molar-refractivity contribution in [2.75, 3.05) is 16.3 Å². The van der Waals surface area contributed by atoms with E-state index in [-0.39, 0.29) is 16.2 Å². The first-order valence-electron chi connectivity index (χ1n) is 11.3. The first kappa shape index (κ1) is 24.7. The molecule has 4 rings (SSSR count). The van der Waals surface area contributed by atoms with Crippen molar-refractivity contribution < 1.29 is 9.59 Å². The van der Waals surface area contributed by atoms with Crippen molar-refractivity contribution in [3.8, 4) is 0 Å². The van der Waals surface area contributed by atoms with E-state index in [2.05, 4.69) is 37.9 Å². The zero-order valence-corrected chi connectivity index (χ0v) is 21.9. The van der Waals surface area contributed by atoms with E-state index in [1.54, 1.807) is 30.3 Å². The van der Waals surface area contributed by atoms with Gasteiger partial charge in [-0.2, -0.15) is 0 Å². The van der Waals surface area contributed by atoms with Crippen molar-refractivity contribution in [2.24, 2.45) is 0 Å². The average molecular weight is 516 g/mol. The van der Waals surface area contributed by atoms with Crippen molar-refractivity contribution in [2.45, 2.75) is 52.0 Å². The molecule has 0 spiro atoms. The number of hydrogen-bond acceptors (Lipinski definition) is 4. The van der Waals surface area contributed by atoms with Gasteiger partial charge >= 0.3 is 0 Å². The van der Waals surface area contributed by atoms with Crippen LogP contribution in [0.3, 0.4) is 0 Å². The van der Waals surface area contributed by atoms with Gasteiger partial charge < -0.3 is 4.90 Å². The van der Waals surface area contributed by atoms with Crippen LogP contribution in [-0.2, 0) is 9.59 Å². The molecule has 0 aliphatic carbocycles. The van der Waals surface area contributed by atoms with Crippen molar-refractivity contribution in [3.63, 3.8) is 0 Å². The summed E-state index contributed by atoms with van der Waals surface area (Å²) in [4.78, 5) is 29.8. The molecule has 0 aromatic heterocycles. The van der Waals surface area contributed by atoms with Gasteiger partial charge in [0.15, 0.2) is 5.11 Å². The fourth-order valence-corrected chi connectivity index (χ4v) is 5.54. The summed E-state index contributed by atoms with van der Waals surface area (Å²) in [7, 11) is 0. The number of benzene rings is 2. The number of nitrogens with zero attached hydrogens (tertiary/aromatic N) is 2. The fraction of sp³-hybridized carbons (Fsp3) is 0.346. The first-order valence-corrected chi connectivity index (χ1v) is 12.5. The Bertz CT molecular complexity index is 1210. The van der Waals surface area contributed by atoms with Gasteiger partial charge in [-0.25, -0.2) is 0 Å². The van der Waals surface area contributed by atoms with E-state index < -0.39 is 11.8 Å². The third kappa shape index (κ3) is 4.47. The molecule has 8 heteroatoms. The maximum atomic E-state index is 13.3. The molecular weight excluding hydrogens is 489 g/mol. The second-order valence-corrected chi connectivity index (χ2v) is 10.7. The number of nitrogens with one attached hydrogen (secondary N) is 1. The molecule has 2 aliphatic heterocycles. The smallest absolute Gasteiger partial charge is 0.270 e. The number of carbonyl (C=O) groups is 2. The molecule has 2 aromatic rings. The number of halogens is 2. The minimum absolute atomic E-state index is 0.0136. The van der Waals surface area contributed by atoms with Crippen LogP contribution in [0.25, 0.3) is 6.08 Å². The van der Waals surface area contributed by atoms with Gasteiger partial charge in [0.2, 0.25) is 0 Å². The van der Waals surface area contributed by atoms with Crippen molar-refractivity contribution in [3.05, 3.63) is 63.1 Å². The first-order chi connectivity index (χ1) is 16.0. The highest BCUT2D eigenvalue weighted by Crippen LogP contribution is 2.45. The van der Waals surface area contributed by atoms with Crippen LogP contribution in [-0.4, -0.2) is 29.0 Å². The van der Waals surface area contributed by atoms with Gasteiger partial charge in [-0.3, -0.25) is 19.8 Å². The Kier molecular flexibility index (Phi) is 6.78. The molecular formula is C26H27Cl2N3O2S. The van der Waals surface area contributed by atoms with Crippen molar-refractivity contribution in [1.29, 1.82) is 0 Å². The van der Waals surface area contributed by atoms with Crippen LogP contribution in [0.15, 0.2) is 42.0 Å². The quantitative estimate of drug-likeness (QED) is 0.293. The van der Waals surface area contributed by atoms with Crippen LogP contribution in [0.1, 0.15) is 57.6 Å². The monoisotopic (exact) mass is 515 g/mol. The number of fused-ring (bicyclic) bond motifs is 1. The molecule has 2 aliphatic rings. The molecule has 1 unspecified atom stereocenters. The Morgan fingerprint density at radius 1 is 1.18 bits per heavy atom. The predicted octanol–water partition coefficient (Wildman–Crippen LogP) is 6.33. The van der Waals surface area contributed by atoms with E-state index in [9.17, 15) is 9.59 Å². The number of carbonyl (C=O) groups excluding carboxylic acids is 2. The second kappa shape index (κ2) is 9.33. The third-order valence-electron chi connectivity index (χ3n) is 6.44. The highest BCUT2D eigenvalue weighted by molar-refractivity contribution is 7.80. The predicted molar refractivity (Wildman–Crippen MR) is 144 cm³/mol. The second-order valence-electron chi connectivity index (χ2n) is 9.44. The number of thiocarbonyl (C=S) groups is 1. The molecule has 1 N–H and O–H groups in total. The molecule has 1 fully saturated rings.